The second-order valence-corrected chi connectivity index (χ2v) is 14.6. The third-order valence-corrected chi connectivity index (χ3v) is 10.4. The van der Waals surface area contributed by atoms with Crippen LogP contribution in [0.5, 0.6) is 0 Å². The quantitative estimate of drug-likeness (QED) is 0.0395. The van der Waals surface area contributed by atoms with Crippen LogP contribution in [-0.2, 0) is 0 Å². The van der Waals surface area contributed by atoms with E-state index in [-0.39, 0.29) is 32.4 Å². The summed E-state index contributed by atoms with van der Waals surface area (Å²) < 4.78 is 0. The van der Waals surface area contributed by atoms with Gasteiger partial charge in [-0.25, -0.2) is 4.98 Å². The number of azo groups is 2. The summed E-state index contributed by atoms with van der Waals surface area (Å²) in [7, 11) is 0. The molecule has 0 amide bonds. The van der Waals surface area contributed by atoms with Gasteiger partial charge in [0.05, 0.1) is 21.1 Å². The van der Waals surface area contributed by atoms with Gasteiger partial charge in [0.25, 0.3) is 5.69 Å². The van der Waals surface area contributed by atoms with E-state index >= 15 is 0 Å². The van der Waals surface area contributed by atoms with Crippen LogP contribution in [0.3, 0.4) is 0 Å². The highest BCUT2D eigenvalue weighted by atomic mass is 32.1. The number of pyridine rings is 1. The lowest BCUT2D eigenvalue weighted by Crippen LogP contribution is -2.04. The molecule has 2 heterocycles. The summed E-state index contributed by atoms with van der Waals surface area (Å²) >= 11 is 14.1. The van der Waals surface area contributed by atoms with Gasteiger partial charge in [-0.05, 0) is 90.0 Å². The summed E-state index contributed by atoms with van der Waals surface area (Å²) in [5.74, 6) is 0.603. The first-order valence-corrected chi connectivity index (χ1v) is 18.7. The lowest BCUT2D eigenvalue weighted by molar-refractivity contribution is -0.387. The van der Waals surface area contributed by atoms with E-state index in [1.807, 2.05) is 91.0 Å². The third kappa shape index (κ3) is 8.09. The summed E-state index contributed by atoms with van der Waals surface area (Å²) in [6, 6.07) is 37.0. The van der Waals surface area contributed by atoms with E-state index < -0.39 is 4.92 Å². The Morgan fingerprint density at radius 3 is 1.96 bits per heavy atom. The van der Waals surface area contributed by atoms with E-state index in [9.17, 15) is 20.6 Å². The first-order valence-electron chi connectivity index (χ1n) is 16.6. The number of rotatable bonds is 10. The van der Waals surface area contributed by atoms with E-state index in [0.29, 0.717) is 50.4 Å². The molecule has 2 N–H and O–H groups in total. The number of hydrogen-bond acceptors (Lipinski definition) is 15. The van der Waals surface area contributed by atoms with Gasteiger partial charge in [0.1, 0.15) is 28.4 Å². The average Bonchev–Trinajstić information content (AvgIpc) is 3.55. The minimum absolute atomic E-state index is 0.128. The molecule has 16 heteroatoms. The molecule has 0 saturated heterocycles. The SMILES string of the molecule is Cc1c(C#N)c(Nc2ccc(S)cc2)nc(Nc2ccc(S)cc2)c1N=Nc1sc(N=Nc2ccc([N+](=O)[O-])c(S)c2)c(-c2ccc3ccccc3c2)c1C#N. The molecule has 272 valence electrons. The molecule has 7 aromatic rings. The van der Waals surface area contributed by atoms with Gasteiger partial charge in [0.2, 0.25) is 0 Å². The van der Waals surface area contributed by atoms with Crippen molar-refractivity contribution >= 4 is 110 Å². The van der Waals surface area contributed by atoms with Crippen LogP contribution in [0.1, 0.15) is 16.7 Å². The monoisotopic (exact) mass is 806 g/mol. The zero-order valence-corrected chi connectivity index (χ0v) is 32.5. The first-order chi connectivity index (χ1) is 27.1. The number of nitro groups is 1. The van der Waals surface area contributed by atoms with Crippen molar-refractivity contribution in [2.24, 2.45) is 20.5 Å². The molecule has 0 radical (unpaired) electrons. The van der Waals surface area contributed by atoms with Gasteiger partial charge in [-0.15, -0.1) is 58.3 Å². The van der Waals surface area contributed by atoms with Crippen molar-refractivity contribution in [2.45, 2.75) is 21.6 Å². The van der Waals surface area contributed by atoms with Gasteiger partial charge < -0.3 is 10.6 Å². The van der Waals surface area contributed by atoms with Crippen molar-refractivity contribution in [3.05, 3.63) is 136 Å². The summed E-state index contributed by atoms with van der Waals surface area (Å²) in [4.78, 5) is 17.3. The number of nitriles is 2. The fourth-order valence-electron chi connectivity index (χ4n) is 5.69. The van der Waals surface area contributed by atoms with Gasteiger partial charge in [-0.3, -0.25) is 10.1 Å². The fraction of sp³-hybridized carbons (Fsp3) is 0.0250. The molecule has 0 atom stereocenters. The number of nitrogens with zero attached hydrogens (tertiary/aromatic N) is 8. The number of thiophene rings is 1. The number of aromatic nitrogens is 1. The highest BCUT2D eigenvalue weighted by molar-refractivity contribution is 7.80. The van der Waals surface area contributed by atoms with E-state index in [0.717, 1.165) is 31.9 Å². The van der Waals surface area contributed by atoms with Crippen molar-refractivity contribution < 1.29 is 4.92 Å². The molecular formula is C40H26N10O2S4. The Morgan fingerprint density at radius 1 is 0.714 bits per heavy atom. The second kappa shape index (κ2) is 16.4. The largest absolute Gasteiger partial charge is 0.339 e. The predicted molar refractivity (Wildman–Crippen MR) is 228 cm³/mol. The van der Waals surface area contributed by atoms with Crippen LogP contribution < -0.4 is 10.6 Å². The minimum Gasteiger partial charge on any atom is -0.339 e. The number of nitrogens with one attached hydrogen (secondary N) is 2. The topological polar surface area (TPSA) is 177 Å². The normalized spacial score (nSPS) is 11.2. The molecule has 0 unspecified atom stereocenters. The average molecular weight is 807 g/mol. The standard InChI is InChI=1S/C40H26N10O2S4/c1-22-31(20-41)37(43-26-8-13-29(53)14-9-26)45-38(44-27-10-15-30(54)16-11-27)36(22)47-48-39-32(21-42)35(25-7-6-23-4-2-3-5-24(23)18-25)40(56-39)49-46-28-12-17-33(50(51)52)34(55)19-28/h2-19,53-55H,1H3,(H2,43,44,45). The maximum atomic E-state index is 11.3. The highest BCUT2D eigenvalue weighted by Gasteiger charge is 2.23. The molecule has 5 aromatic carbocycles. The number of nitro benzene ring substituents is 1. The summed E-state index contributed by atoms with van der Waals surface area (Å²) in [6.45, 7) is 1.75. The van der Waals surface area contributed by atoms with Gasteiger partial charge in [-0.1, -0.05) is 47.7 Å². The molecular weight excluding hydrogens is 781 g/mol. The zero-order chi connectivity index (χ0) is 39.3. The lowest BCUT2D eigenvalue weighted by Gasteiger charge is -2.16. The van der Waals surface area contributed by atoms with E-state index in [4.69, 9.17) is 4.98 Å². The number of anilines is 4. The zero-order valence-electron chi connectivity index (χ0n) is 29.0. The maximum absolute atomic E-state index is 11.3. The first kappa shape index (κ1) is 37.7. The summed E-state index contributed by atoms with van der Waals surface area (Å²) in [5, 5.41) is 59.5. The molecule has 0 aliphatic carbocycles. The van der Waals surface area contributed by atoms with Crippen molar-refractivity contribution in [1.82, 2.24) is 4.98 Å². The molecule has 56 heavy (non-hydrogen) atoms. The number of benzene rings is 5. The molecule has 7 rings (SSSR count). The van der Waals surface area contributed by atoms with E-state index in [2.05, 4.69) is 81.1 Å². The van der Waals surface area contributed by atoms with E-state index in [1.165, 1.54) is 18.2 Å². The fourth-order valence-corrected chi connectivity index (χ4v) is 7.19. The Hall–Kier alpha value is -6.56. The van der Waals surface area contributed by atoms with Crippen LogP contribution in [0.4, 0.5) is 50.1 Å². The number of fused-ring (bicyclic) bond motifs is 1. The Bertz CT molecular complexity index is 2810. The van der Waals surface area contributed by atoms with Gasteiger partial charge >= 0.3 is 0 Å². The van der Waals surface area contributed by atoms with Gasteiger partial charge in [0.15, 0.2) is 16.6 Å². The van der Waals surface area contributed by atoms with Crippen molar-refractivity contribution in [3.63, 3.8) is 0 Å². The molecule has 2 aromatic heterocycles. The third-order valence-electron chi connectivity index (χ3n) is 8.46. The minimum atomic E-state index is -0.530. The van der Waals surface area contributed by atoms with Crippen molar-refractivity contribution in [3.8, 4) is 23.3 Å². The second-order valence-electron chi connectivity index (χ2n) is 12.1. The maximum Gasteiger partial charge on any atom is 0.282 e. The predicted octanol–water partition coefficient (Wildman–Crippen LogP) is 13.1. The molecule has 12 nitrogen and oxygen atoms in total. The van der Waals surface area contributed by atoms with Crippen LogP contribution in [-0.4, -0.2) is 9.91 Å². The molecule has 0 bridgehead atoms. The Balaban J connectivity index is 1.36. The van der Waals surface area contributed by atoms with Crippen molar-refractivity contribution in [2.75, 3.05) is 10.6 Å². The van der Waals surface area contributed by atoms with Crippen LogP contribution in [0.2, 0.25) is 0 Å². The molecule has 0 aliphatic rings. The van der Waals surface area contributed by atoms with Crippen LogP contribution in [0, 0.1) is 39.7 Å². The Morgan fingerprint density at radius 2 is 1.34 bits per heavy atom. The smallest absolute Gasteiger partial charge is 0.282 e. The molecule has 0 saturated carbocycles. The highest BCUT2D eigenvalue weighted by Crippen LogP contribution is 2.49. The summed E-state index contributed by atoms with van der Waals surface area (Å²) in [5.41, 5.74) is 3.94. The van der Waals surface area contributed by atoms with Crippen LogP contribution in [0.15, 0.2) is 144 Å². The number of thiol groups is 3. The van der Waals surface area contributed by atoms with Gasteiger partial charge in [0, 0.05) is 38.4 Å². The van der Waals surface area contributed by atoms with Crippen molar-refractivity contribution in [1.29, 1.82) is 10.5 Å². The molecule has 0 fully saturated rings. The Labute approximate surface area is 340 Å². The van der Waals surface area contributed by atoms with Crippen LogP contribution >= 0.6 is 49.2 Å². The van der Waals surface area contributed by atoms with Crippen LogP contribution in [0.25, 0.3) is 21.9 Å². The van der Waals surface area contributed by atoms with Gasteiger partial charge in [-0.2, -0.15) is 10.5 Å². The lowest BCUT2D eigenvalue weighted by atomic mass is 10.00. The molecule has 0 spiro atoms. The van der Waals surface area contributed by atoms with E-state index in [1.54, 1.807) is 6.92 Å². The molecule has 0 aliphatic heterocycles. The number of hydrogen-bond donors (Lipinski definition) is 5. The summed E-state index contributed by atoms with van der Waals surface area (Å²) in [6.07, 6.45) is 0. The Kier molecular flexibility index (Phi) is 11.1.